The van der Waals surface area contributed by atoms with Crippen LogP contribution in [0.5, 0.6) is 0 Å². The largest absolute Gasteiger partial charge is 0.380 e. The molecule has 116 valence electrons. The zero-order valence-electron chi connectivity index (χ0n) is 12.3. The number of halogens is 1. The number of hydrogen-bond acceptors (Lipinski definition) is 3. The van der Waals surface area contributed by atoms with Gasteiger partial charge in [0.15, 0.2) is 0 Å². The highest BCUT2D eigenvalue weighted by molar-refractivity contribution is 7.99. The van der Waals surface area contributed by atoms with Gasteiger partial charge in [-0.3, -0.25) is 0 Å². The quantitative estimate of drug-likeness (QED) is 0.862. The Labute approximate surface area is 135 Å². The van der Waals surface area contributed by atoms with Gasteiger partial charge >= 0.3 is 6.03 Å². The van der Waals surface area contributed by atoms with E-state index in [0.29, 0.717) is 22.6 Å². The molecule has 0 radical (unpaired) electrons. The van der Waals surface area contributed by atoms with Crippen molar-refractivity contribution >= 4 is 35.1 Å². The number of ether oxygens (including phenoxy) is 1. The molecule has 4 nitrogen and oxygen atoms in total. The summed E-state index contributed by atoms with van der Waals surface area (Å²) in [6.45, 7) is 0.367. The lowest BCUT2D eigenvalue weighted by atomic mass is 10.2. The van der Waals surface area contributed by atoms with E-state index < -0.39 is 0 Å². The van der Waals surface area contributed by atoms with E-state index in [4.69, 9.17) is 16.3 Å². The normalized spacial score (nSPS) is 21.3. The first-order valence-electron chi connectivity index (χ1n) is 7.02. The van der Waals surface area contributed by atoms with Crippen LogP contribution in [0, 0.1) is 0 Å². The Balaban J connectivity index is 2.01. The minimum Gasteiger partial charge on any atom is -0.380 e. The second kappa shape index (κ2) is 7.92. The Morgan fingerprint density at radius 2 is 2.29 bits per heavy atom. The summed E-state index contributed by atoms with van der Waals surface area (Å²) in [6, 6.07) is 5.50. The van der Waals surface area contributed by atoms with Crippen LogP contribution in [0.15, 0.2) is 18.2 Å². The van der Waals surface area contributed by atoms with Crippen molar-refractivity contribution in [2.45, 2.75) is 37.2 Å². The Bertz CT molecular complexity index is 499. The van der Waals surface area contributed by atoms with Crippen LogP contribution in [0.4, 0.5) is 10.5 Å². The highest BCUT2D eigenvalue weighted by atomic mass is 35.5. The molecule has 1 aliphatic carbocycles. The summed E-state index contributed by atoms with van der Waals surface area (Å²) in [7, 11) is 1.61. The van der Waals surface area contributed by atoms with Gasteiger partial charge in [0, 0.05) is 34.7 Å². The van der Waals surface area contributed by atoms with Crippen molar-refractivity contribution < 1.29 is 9.53 Å². The molecule has 21 heavy (non-hydrogen) atoms. The second-order valence-corrected chi connectivity index (χ2v) is 6.59. The fraction of sp³-hybridized carbons (Fsp3) is 0.533. The minimum atomic E-state index is -0.180. The van der Waals surface area contributed by atoms with Gasteiger partial charge in [-0.15, -0.1) is 0 Å². The maximum absolute atomic E-state index is 12.2. The Hall–Kier alpha value is -0.910. The SMILES string of the molecule is COCc1c(Cl)cccc1NC(=O)NC1CCCC1SC. The number of rotatable bonds is 5. The number of benzene rings is 1. The van der Waals surface area contributed by atoms with Crippen molar-refractivity contribution in [3.8, 4) is 0 Å². The number of hydrogen-bond donors (Lipinski definition) is 2. The first-order valence-corrected chi connectivity index (χ1v) is 8.69. The van der Waals surface area contributed by atoms with Crippen LogP contribution < -0.4 is 10.6 Å². The Kier molecular flexibility index (Phi) is 6.21. The third-order valence-electron chi connectivity index (χ3n) is 3.73. The van der Waals surface area contributed by atoms with Crippen molar-refractivity contribution in [2.75, 3.05) is 18.7 Å². The summed E-state index contributed by atoms with van der Waals surface area (Å²) in [6.07, 6.45) is 5.47. The highest BCUT2D eigenvalue weighted by Gasteiger charge is 2.27. The van der Waals surface area contributed by atoms with E-state index >= 15 is 0 Å². The average molecular weight is 329 g/mol. The second-order valence-electron chi connectivity index (χ2n) is 5.11. The molecule has 0 aromatic heterocycles. The summed E-state index contributed by atoms with van der Waals surface area (Å²) in [4.78, 5) is 12.2. The molecule has 0 aliphatic heterocycles. The predicted octanol–water partition coefficient (Wildman–Crippen LogP) is 3.89. The summed E-state index contributed by atoms with van der Waals surface area (Å²) in [5.74, 6) is 0. The molecule has 1 fully saturated rings. The van der Waals surface area contributed by atoms with Gasteiger partial charge in [0.2, 0.25) is 0 Å². The van der Waals surface area contributed by atoms with Gasteiger partial charge in [0.05, 0.1) is 6.61 Å². The molecule has 2 atom stereocenters. The fourth-order valence-corrected chi connectivity index (χ4v) is 3.83. The molecular formula is C15H21ClN2O2S. The number of nitrogens with one attached hydrogen (secondary N) is 2. The lowest BCUT2D eigenvalue weighted by Gasteiger charge is -2.20. The molecule has 1 aromatic carbocycles. The number of methoxy groups -OCH3 is 1. The smallest absolute Gasteiger partial charge is 0.319 e. The standard InChI is InChI=1S/C15H21ClN2O2S/c1-20-9-10-11(16)5-3-6-12(10)17-15(19)18-13-7-4-8-14(13)21-2/h3,5-6,13-14H,4,7-9H2,1-2H3,(H2,17,18,19). The molecule has 2 amide bonds. The third kappa shape index (κ3) is 4.28. The molecule has 0 bridgehead atoms. The lowest BCUT2D eigenvalue weighted by molar-refractivity contribution is 0.185. The number of urea groups is 1. The molecule has 2 unspecified atom stereocenters. The zero-order chi connectivity index (χ0) is 15.2. The minimum absolute atomic E-state index is 0.180. The van der Waals surface area contributed by atoms with Crippen LogP contribution in [0.1, 0.15) is 24.8 Å². The molecule has 6 heteroatoms. The third-order valence-corrected chi connectivity index (χ3v) is 5.25. The van der Waals surface area contributed by atoms with Crippen LogP contribution in [0.3, 0.4) is 0 Å². The van der Waals surface area contributed by atoms with Gasteiger partial charge < -0.3 is 15.4 Å². The van der Waals surface area contributed by atoms with E-state index in [1.54, 1.807) is 13.2 Å². The Morgan fingerprint density at radius 1 is 1.48 bits per heavy atom. The van der Waals surface area contributed by atoms with Gasteiger partial charge in [-0.2, -0.15) is 11.8 Å². The molecule has 2 N–H and O–H groups in total. The number of carbonyl (C=O) groups excluding carboxylic acids is 1. The molecular weight excluding hydrogens is 308 g/mol. The maximum Gasteiger partial charge on any atom is 0.319 e. The number of amides is 2. The van der Waals surface area contributed by atoms with E-state index in [1.165, 1.54) is 6.42 Å². The van der Waals surface area contributed by atoms with E-state index in [2.05, 4.69) is 16.9 Å². The average Bonchev–Trinajstić information content (AvgIpc) is 2.89. The van der Waals surface area contributed by atoms with E-state index in [0.717, 1.165) is 18.4 Å². The van der Waals surface area contributed by atoms with Gasteiger partial charge in [0.25, 0.3) is 0 Å². The first kappa shape index (κ1) is 16.5. The van der Waals surface area contributed by atoms with Crippen molar-refractivity contribution in [3.05, 3.63) is 28.8 Å². The summed E-state index contributed by atoms with van der Waals surface area (Å²) < 4.78 is 5.14. The van der Waals surface area contributed by atoms with Crippen LogP contribution in [-0.2, 0) is 11.3 Å². The predicted molar refractivity (Wildman–Crippen MR) is 89.3 cm³/mol. The number of carbonyl (C=O) groups is 1. The van der Waals surface area contributed by atoms with Gasteiger partial charge in [0.1, 0.15) is 0 Å². The van der Waals surface area contributed by atoms with E-state index in [1.807, 2.05) is 23.9 Å². The van der Waals surface area contributed by atoms with Crippen LogP contribution in [0.25, 0.3) is 0 Å². The van der Waals surface area contributed by atoms with Gasteiger partial charge in [-0.25, -0.2) is 4.79 Å². The van der Waals surface area contributed by atoms with Crippen LogP contribution >= 0.6 is 23.4 Å². The number of thioether (sulfide) groups is 1. The molecule has 0 heterocycles. The van der Waals surface area contributed by atoms with Crippen LogP contribution in [-0.4, -0.2) is 30.7 Å². The summed E-state index contributed by atoms with van der Waals surface area (Å²) in [5.41, 5.74) is 1.49. The fourth-order valence-electron chi connectivity index (χ4n) is 2.67. The molecule has 0 spiro atoms. The highest BCUT2D eigenvalue weighted by Crippen LogP contribution is 2.29. The topological polar surface area (TPSA) is 50.4 Å². The Morgan fingerprint density at radius 3 is 3.00 bits per heavy atom. The van der Waals surface area contributed by atoms with Crippen LogP contribution in [0.2, 0.25) is 5.02 Å². The molecule has 1 saturated carbocycles. The molecule has 1 aromatic rings. The number of anilines is 1. The first-order chi connectivity index (χ1) is 10.2. The van der Waals surface area contributed by atoms with E-state index in [9.17, 15) is 4.79 Å². The van der Waals surface area contributed by atoms with Gasteiger partial charge in [-0.1, -0.05) is 24.1 Å². The maximum atomic E-state index is 12.2. The van der Waals surface area contributed by atoms with Gasteiger partial charge in [-0.05, 0) is 31.2 Å². The summed E-state index contributed by atoms with van der Waals surface area (Å²) >= 11 is 7.97. The van der Waals surface area contributed by atoms with Crippen molar-refractivity contribution in [2.24, 2.45) is 0 Å². The van der Waals surface area contributed by atoms with E-state index in [-0.39, 0.29) is 12.1 Å². The lowest BCUT2D eigenvalue weighted by Crippen LogP contribution is -2.41. The monoisotopic (exact) mass is 328 g/mol. The molecule has 2 rings (SSSR count). The summed E-state index contributed by atoms with van der Waals surface area (Å²) in [5, 5.41) is 7.05. The van der Waals surface area contributed by atoms with Crippen molar-refractivity contribution in [1.29, 1.82) is 0 Å². The molecule has 0 saturated heterocycles. The van der Waals surface area contributed by atoms with Crippen molar-refractivity contribution in [3.63, 3.8) is 0 Å². The zero-order valence-corrected chi connectivity index (χ0v) is 13.9. The van der Waals surface area contributed by atoms with Crippen molar-refractivity contribution in [1.82, 2.24) is 5.32 Å². The molecule has 1 aliphatic rings.